The molecular weight excluding hydrogens is 512 g/mol. The number of benzene rings is 3. The third kappa shape index (κ3) is 5.95. The number of anilines is 1. The zero-order chi connectivity index (χ0) is 25.0. The summed E-state index contributed by atoms with van der Waals surface area (Å²) in [5.74, 6) is -0.633. The molecule has 0 N–H and O–H groups in total. The first-order valence-corrected chi connectivity index (χ1v) is 13.2. The molecule has 1 aliphatic rings. The summed E-state index contributed by atoms with van der Waals surface area (Å²) < 4.78 is 42.1. The summed E-state index contributed by atoms with van der Waals surface area (Å²) in [5.41, 5.74) is 1.10. The second-order valence-electron chi connectivity index (χ2n) is 8.15. The lowest BCUT2D eigenvalue weighted by atomic mass is 10.2. The van der Waals surface area contributed by atoms with Gasteiger partial charge in [-0.3, -0.25) is 4.79 Å². The second kappa shape index (κ2) is 11.0. The molecule has 0 atom stereocenters. The van der Waals surface area contributed by atoms with Crippen molar-refractivity contribution in [3.05, 3.63) is 94.2 Å². The Morgan fingerprint density at radius 1 is 0.886 bits per heavy atom. The number of rotatable bonds is 7. The standard InChI is InChI=1S/C25H24Cl2FN3O3S/c26-21-11-10-19(16-22(21)27)17-31(35(33,34)20-6-2-1-3-7-20)18-25(32)30-14-12-29(13-15-30)24-9-5-4-8-23(24)28/h1-11,16H,12-15,17-18H2. The lowest BCUT2D eigenvalue weighted by Crippen LogP contribution is -2.52. The summed E-state index contributed by atoms with van der Waals surface area (Å²) in [4.78, 5) is 16.8. The molecule has 10 heteroatoms. The predicted octanol–water partition coefficient (Wildman–Crippen LogP) is 4.67. The maximum atomic E-state index is 14.1. The zero-order valence-corrected chi connectivity index (χ0v) is 21.1. The molecule has 0 aromatic heterocycles. The van der Waals surface area contributed by atoms with Crippen LogP contribution in [-0.2, 0) is 21.4 Å². The van der Waals surface area contributed by atoms with Crippen molar-refractivity contribution < 1.29 is 17.6 Å². The van der Waals surface area contributed by atoms with Crippen molar-refractivity contribution in [1.82, 2.24) is 9.21 Å². The normalized spacial score (nSPS) is 14.4. The van der Waals surface area contributed by atoms with E-state index in [1.165, 1.54) is 18.2 Å². The summed E-state index contributed by atoms with van der Waals surface area (Å²) in [5, 5.41) is 0.661. The van der Waals surface area contributed by atoms with Crippen molar-refractivity contribution >= 4 is 44.8 Å². The SMILES string of the molecule is O=C(CN(Cc1ccc(Cl)c(Cl)c1)S(=O)(=O)c1ccccc1)N1CCN(c2ccccc2F)CC1. The zero-order valence-electron chi connectivity index (χ0n) is 18.8. The highest BCUT2D eigenvalue weighted by molar-refractivity contribution is 7.89. The molecule has 184 valence electrons. The Hall–Kier alpha value is -2.65. The summed E-state index contributed by atoms with van der Waals surface area (Å²) in [6.07, 6.45) is 0. The van der Waals surface area contributed by atoms with E-state index in [9.17, 15) is 17.6 Å². The van der Waals surface area contributed by atoms with Gasteiger partial charge in [0.1, 0.15) is 5.82 Å². The Morgan fingerprint density at radius 3 is 2.20 bits per heavy atom. The summed E-state index contributed by atoms with van der Waals surface area (Å²) in [6.45, 7) is 1.24. The van der Waals surface area contributed by atoms with Gasteiger partial charge >= 0.3 is 0 Å². The number of sulfonamides is 1. The third-order valence-electron chi connectivity index (χ3n) is 5.86. The molecule has 1 heterocycles. The fraction of sp³-hybridized carbons (Fsp3) is 0.240. The van der Waals surface area contributed by atoms with Gasteiger partial charge in [0.25, 0.3) is 0 Å². The Labute approximate surface area is 214 Å². The average molecular weight is 536 g/mol. The van der Waals surface area contributed by atoms with E-state index < -0.39 is 10.0 Å². The molecule has 0 bridgehead atoms. The summed E-state index contributed by atoms with van der Waals surface area (Å²) >= 11 is 12.1. The molecule has 4 rings (SSSR count). The lowest BCUT2D eigenvalue weighted by Gasteiger charge is -2.37. The minimum Gasteiger partial charge on any atom is -0.366 e. The Morgan fingerprint density at radius 2 is 1.54 bits per heavy atom. The number of nitrogens with zero attached hydrogens (tertiary/aromatic N) is 3. The van der Waals surface area contributed by atoms with Gasteiger partial charge in [-0.1, -0.05) is 59.6 Å². The largest absolute Gasteiger partial charge is 0.366 e. The van der Waals surface area contributed by atoms with Crippen molar-refractivity contribution in [1.29, 1.82) is 0 Å². The number of halogens is 3. The number of para-hydroxylation sites is 1. The Bertz CT molecular complexity index is 1300. The van der Waals surface area contributed by atoms with E-state index in [0.717, 1.165) is 4.31 Å². The van der Waals surface area contributed by atoms with Crippen LogP contribution in [0.25, 0.3) is 0 Å². The highest BCUT2D eigenvalue weighted by Crippen LogP contribution is 2.26. The van der Waals surface area contributed by atoms with E-state index in [0.29, 0.717) is 47.5 Å². The molecule has 0 spiro atoms. The molecule has 1 fully saturated rings. The molecule has 3 aromatic carbocycles. The summed E-state index contributed by atoms with van der Waals surface area (Å²) in [7, 11) is -3.97. The van der Waals surface area contributed by atoms with Crippen LogP contribution >= 0.6 is 23.2 Å². The van der Waals surface area contributed by atoms with Gasteiger partial charge in [-0.2, -0.15) is 4.31 Å². The van der Waals surface area contributed by atoms with Crippen LogP contribution < -0.4 is 4.90 Å². The lowest BCUT2D eigenvalue weighted by molar-refractivity contribution is -0.131. The Kier molecular flexibility index (Phi) is 7.96. The van der Waals surface area contributed by atoms with Crippen LogP contribution in [0.15, 0.2) is 77.7 Å². The van der Waals surface area contributed by atoms with Crippen LogP contribution in [-0.4, -0.2) is 56.3 Å². The fourth-order valence-electron chi connectivity index (χ4n) is 3.96. The van der Waals surface area contributed by atoms with Crippen molar-refractivity contribution in [3.63, 3.8) is 0 Å². The smallest absolute Gasteiger partial charge is 0.243 e. The van der Waals surface area contributed by atoms with E-state index in [1.807, 2.05) is 4.90 Å². The van der Waals surface area contributed by atoms with Gasteiger partial charge in [0.05, 0.1) is 27.2 Å². The summed E-state index contributed by atoms with van der Waals surface area (Å²) in [6, 6.07) is 19.4. The van der Waals surface area contributed by atoms with Gasteiger partial charge in [0.15, 0.2) is 0 Å². The first kappa shape index (κ1) is 25.4. The average Bonchev–Trinajstić information content (AvgIpc) is 2.86. The van der Waals surface area contributed by atoms with Gasteiger partial charge < -0.3 is 9.80 Å². The van der Waals surface area contributed by atoms with Crippen LogP contribution in [0.2, 0.25) is 10.0 Å². The first-order chi connectivity index (χ1) is 16.8. The topological polar surface area (TPSA) is 60.9 Å². The van der Waals surface area contributed by atoms with Crippen molar-refractivity contribution in [3.8, 4) is 0 Å². The quantitative estimate of drug-likeness (QED) is 0.441. The van der Waals surface area contributed by atoms with E-state index in [1.54, 1.807) is 59.5 Å². The highest BCUT2D eigenvalue weighted by atomic mass is 35.5. The molecule has 35 heavy (non-hydrogen) atoms. The molecule has 1 saturated heterocycles. The van der Waals surface area contributed by atoms with Gasteiger partial charge in [0.2, 0.25) is 15.9 Å². The number of amides is 1. The van der Waals surface area contributed by atoms with Crippen LogP contribution in [0.5, 0.6) is 0 Å². The van der Waals surface area contributed by atoms with Crippen LogP contribution in [0, 0.1) is 5.82 Å². The van der Waals surface area contributed by atoms with Gasteiger partial charge in [-0.05, 0) is 42.0 Å². The molecule has 1 amide bonds. The minimum atomic E-state index is -3.97. The molecule has 6 nitrogen and oxygen atoms in total. The van der Waals surface area contributed by atoms with Crippen LogP contribution in [0.3, 0.4) is 0 Å². The highest BCUT2D eigenvalue weighted by Gasteiger charge is 2.30. The van der Waals surface area contributed by atoms with Crippen molar-refractivity contribution in [2.45, 2.75) is 11.4 Å². The number of piperazine rings is 1. The second-order valence-corrected chi connectivity index (χ2v) is 10.9. The van der Waals surface area contributed by atoms with Crippen LogP contribution in [0.1, 0.15) is 5.56 Å². The molecule has 0 unspecified atom stereocenters. The minimum absolute atomic E-state index is 0.0466. The van der Waals surface area contributed by atoms with E-state index >= 15 is 0 Å². The molecule has 1 aliphatic heterocycles. The third-order valence-corrected chi connectivity index (χ3v) is 8.41. The van der Waals surface area contributed by atoms with Crippen molar-refractivity contribution in [2.75, 3.05) is 37.6 Å². The number of hydrogen-bond acceptors (Lipinski definition) is 4. The molecule has 0 radical (unpaired) electrons. The van der Waals surface area contributed by atoms with Gasteiger partial charge in [-0.15, -0.1) is 0 Å². The van der Waals surface area contributed by atoms with E-state index in [4.69, 9.17) is 23.2 Å². The van der Waals surface area contributed by atoms with Crippen LogP contribution in [0.4, 0.5) is 10.1 Å². The molecular formula is C25H24Cl2FN3O3S. The van der Waals surface area contributed by atoms with E-state index in [2.05, 4.69) is 0 Å². The predicted molar refractivity (Wildman–Crippen MR) is 136 cm³/mol. The monoisotopic (exact) mass is 535 g/mol. The Balaban J connectivity index is 1.51. The molecule has 0 saturated carbocycles. The maximum Gasteiger partial charge on any atom is 0.243 e. The van der Waals surface area contributed by atoms with Crippen molar-refractivity contribution in [2.24, 2.45) is 0 Å². The maximum absolute atomic E-state index is 14.1. The number of hydrogen-bond donors (Lipinski definition) is 0. The number of carbonyl (C=O) groups excluding carboxylic acids is 1. The van der Waals surface area contributed by atoms with Gasteiger partial charge in [-0.25, -0.2) is 12.8 Å². The van der Waals surface area contributed by atoms with Gasteiger partial charge in [0, 0.05) is 32.7 Å². The number of carbonyl (C=O) groups is 1. The molecule has 3 aromatic rings. The first-order valence-electron chi connectivity index (χ1n) is 11.0. The van der Waals surface area contributed by atoms with E-state index in [-0.39, 0.29) is 29.7 Å². The molecule has 0 aliphatic carbocycles. The fourth-order valence-corrected chi connectivity index (χ4v) is 5.68.